The Morgan fingerprint density at radius 2 is 2.33 bits per heavy atom. The first-order valence-corrected chi connectivity index (χ1v) is 7.07. The minimum absolute atomic E-state index is 0.591. The SMILES string of the molecule is CCCC(C)N(C)Cc1cc(CNC2CC2)no1. The molecule has 0 bridgehead atoms. The number of rotatable bonds is 8. The van der Waals surface area contributed by atoms with E-state index in [1.54, 1.807) is 0 Å². The number of hydrogen-bond donors (Lipinski definition) is 1. The highest BCUT2D eigenvalue weighted by Gasteiger charge is 2.20. The molecule has 1 fully saturated rings. The third-order valence-corrected chi connectivity index (χ3v) is 3.62. The lowest BCUT2D eigenvalue weighted by Crippen LogP contribution is -2.28. The third-order valence-electron chi connectivity index (χ3n) is 3.62. The summed E-state index contributed by atoms with van der Waals surface area (Å²) in [5, 5.41) is 7.56. The zero-order chi connectivity index (χ0) is 13.0. The van der Waals surface area contributed by atoms with Crippen LogP contribution in [0.1, 0.15) is 51.0 Å². The molecule has 102 valence electrons. The molecule has 1 unspecified atom stereocenters. The summed E-state index contributed by atoms with van der Waals surface area (Å²) in [6.45, 7) is 6.16. The summed E-state index contributed by atoms with van der Waals surface area (Å²) in [6, 6.07) is 3.38. The van der Waals surface area contributed by atoms with E-state index in [0.29, 0.717) is 6.04 Å². The highest BCUT2D eigenvalue weighted by molar-refractivity contribution is 5.05. The van der Waals surface area contributed by atoms with E-state index < -0.39 is 0 Å². The van der Waals surface area contributed by atoms with Gasteiger partial charge in [-0.05, 0) is 33.2 Å². The van der Waals surface area contributed by atoms with E-state index >= 15 is 0 Å². The maximum atomic E-state index is 5.38. The average Bonchev–Trinajstić information content (AvgIpc) is 3.08. The molecule has 0 spiro atoms. The molecule has 1 aromatic rings. The van der Waals surface area contributed by atoms with Crippen molar-refractivity contribution in [2.24, 2.45) is 0 Å². The van der Waals surface area contributed by atoms with E-state index in [0.717, 1.165) is 30.6 Å². The van der Waals surface area contributed by atoms with Crippen LogP contribution in [0.25, 0.3) is 0 Å². The molecule has 2 rings (SSSR count). The summed E-state index contributed by atoms with van der Waals surface area (Å²) in [4.78, 5) is 2.32. The fourth-order valence-corrected chi connectivity index (χ4v) is 2.09. The lowest BCUT2D eigenvalue weighted by atomic mass is 10.1. The van der Waals surface area contributed by atoms with Crippen LogP contribution < -0.4 is 5.32 Å². The van der Waals surface area contributed by atoms with Crippen molar-refractivity contribution in [3.05, 3.63) is 17.5 Å². The number of aromatic nitrogens is 1. The van der Waals surface area contributed by atoms with E-state index in [1.807, 2.05) is 0 Å². The van der Waals surface area contributed by atoms with Gasteiger partial charge in [-0.25, -0.2) is 0 Å². The quantitative estimate of drug-likeness (QED) is 0.771. The van der Waals surface area contributed by atoms with Crippen LogP contribution in [0.4, 0.5) is 0 Å². The standard InChI is InChI=1S/C14H25N3O/c1-4-5-11(2)17(3)10-14-8-13(16-18-14)9-15-12-6-7-12/h8,11-12,15H,4-7,9-10H2,1-3H3. The Balaban J connectivity index is 1.77. The van der Waals surface area contributed by atoms with Crippen LogP contribution in [-0.4, -0.2) is 29.2 Å². The monoisotopic (exact) mass is 251 g/mol. The second-order valence-corrected chi connectivity index (χ2v) is 5.49. The van der Waals surface area contributed by atoms with E-state index in [-0.39, 0.29) is 0 Å². The van der Waals surface area contributed by atoms with Crippen molar-refractivity contribution in [1.29, 1.82) is 0 Å². The summed E-state index contributed by atoms with van der Waals surface area (Å²) in [7, 11) is 2.14. The number of nitrogens with one attached hydrogen (secondary N) is 1. The van der Waals surface area contributed by atoms with Crippen LogP contribution in [-0.2, 0) is 13.1 Å². The first kappa shape index (κ1) is 13.6. The van der Waals surface area contributed by atoms with E-state index in [4.69, 9.17) is 4.52 Å². The van der Waals surface area contributed by atoms with Gasteiger partial charge < -0.3 is 9.84 Å². The topological polar surface area (TPSA) is 41.3 Å². The van der Waals surface area contributed by atoms with Crippen molar-refractivity contribution in [1.82, 2.24) is 15.4 Å². The van der Waals surface area contributed by atoms with Crippen LogP contribution in [0, 0.1) is 0 Å². The predicted octanol–water partition coefficient (Wildman–Crippen LogP) is 2.55. The Bertz CT molecular complexity index is 360. The molecule has 1 heterocycles. The van der Waals surface area contributed by atoms with Crippen LogP contribution in [0.5, 0.6) is 0 Å². The van der Waals surface area contributed by atoms with Crippen LogP contribution in [0.2, 0.25) is 0 Å². The molecule has 0 saturated heterocycles. The maximum Gasteiger partial charge on any atom is 0.151 e. The van der Waals surface area contributed by atoms with Crippen molar-refractivity contribution in [2.75, 3.05) is 7.05 Å². The molecule has 4 nitrogen and oxygen atoms in total. The highest BCUT2D eigenvalue weighted by Crippen LogP contribution is 2.19. The van der Waals surface area contributed by atoms with Gasteiger partial charge in [0.05, 0.1) is 12.2 Å². The smallest absolute Gasteiger partial charge is 0.151 e. The average molecular weight is 251 g/mol. The summed E-state index contributed by atoms with van der Waals surface area (Å²) < 4.78 is 5.38. The molecule has 1 N–H and O–H groups in total. The van der Waals surface area contributed by atoms with Gasteiger partial charge in [0.25, 0.3) is 0 Å². The summed E-state index contributed by atoms with van der Waals surface area (Å²) in [6.07, 6.45) is 5.06. The Hall–Kier alpha value is -0.870. The summed E-state index contributed by atoms with van der Waals surface area (Å²) in [5.74, 6) is 0.966. The Labute approximate surface area is 110 Å². The molecular weight excluding hydrogens is 226 g/mol. The van der Waals surface area contributed by atoms with Gasteiger partial charge in [0.1, 0.15) is 0 Å². The third kappa shape index (κ3) is 4.10. The zero-order valence-electron chi connectivity index (χ0n) is 11.8. The molecule has 1 saturated carbocycles. The Kier molecular flexibility index (Phi) is 4.78. The number of hydrogen-bond acceptors (Lipinski definition) is 4. The molecule has 0 radical (unpaired) electrons. The molecule has 1 atom stereocenters. The first-order chi connectivity index (χ1) is 8.69. The molecule has 0 aliphatic heterocycles. The molecule has 0 aromatic carbocycles. The minimum atomic E-state index is 0.591. The fraction of sp³-hybridized carbons (Fsp3) is 0.786. The Morgan fingerprint density at radius 1 is 1.56 bits per heavy atom. The van der Waals surface area contributed by atoms with Gasteiger partial charge in [-0.15, -0.1) is 0 Å². The van der Waals surface area contributed by atoms with Crippen molar-refractivity contribution in [2.45, 2.75) is 64.7 Å². The maximum absolute atomic E-state index is 5.38. The van der Waals surface area contributed by atoms with Gasteiger partial charge in [0.15, 0.2) is 5.76 Å². The second-order valence-electron chi connectivity index (χ2n) is 5.49. The molecule has 1 aromatic heterocycles. The van der Waals surface area contributed by atoms with E-state index in [1.165, 1.54) is 25.7 Å². The number of nitrogens with zero attached hydrogens (tertiary/aromatic N) is 2. The van der Waals surface area contributed by atoms with E-state index in [9.17, 15) is 0 Å². The molecule has 18 heavy (non-hydrogen) atoms. The first-order valence-electron chi connectivity index (χ1n) is 7.07. The van der Waals surface area contributed by atoms with Gasteiger partial charge >= 0.3 is 0 Å². The van der Waals surface area contributed by atoms with Crippen molar-refractivity contribution in [3.8, 4) is 0 Å². The summed E-state index contributed by atoms with van der Waals surface area (Å²) >= 11 is 0. The van der Waals surface area contributed by atoms with Gasteiger partial charge in [-0.3, -0.25) is 4.90 Å². The van der Waals surface area contributed by atoms with Crippen molar-refractivity contribution < 1.29 is 4.52 Å². The normalized spacial score (nSPS) is 17.3. The van der Waals surface area contributed by atoms with Gasteiger partial charge in [0.2, 0.25) is 0 Å². The lowest BCUT2D eigenvalue weighted by Gasteiger charge is -2.22. The molecule has 1 aliphatic rings. The molecular formula is C14H25N3O. The largest absolute Gasteiger partial charge is 0.360 e. The van der Waals surface area contributed by atoms with Gasteiger partial charge in [-0.2, -0.15) is 0 Å². The second kappa shape index (κ2) is 6.34. The predicted molar refractivity (Wildman–Crippen MR) is 72.2 cm³/mol. The van der Waals surface area contributed by atoms with Gasteiger partial charge in [-0.1, -0.05) is 18.5 Å². The van der Waals surface area contributed by atoms with Crippen molar-refractivity contribution in [3.63, 3.8) is 0 Å². The highest BCUT2D eigenvalue weighted by atomic mass is 16.5. The van der Waals surface area contributed by atoms with E-state index in [2.05, 4.69) is 42.3 Å². The van der Waals surface area contributed by atoms with Gasteiger partial charge in [0, 0.05) is 24.7 Å². The van der Waals surface area contributed by atoms with Crippen LogP contribution >= 0.6 is 0 Å². The Morgan fingerprint density at radius 3 is 3.00 bits per heavy atom. The molecule has 0 amide bonds. The lowest BCUT2D eigenvalue weighted by molar-refractivity contribution is 0.209. The zero-order valence-corrected chi connectivity index (χ0v) is 11.8. The molecule has 1 aliphatic carbocycles. The molecule has 4 heteroatoms. The van der Waals surface area contributed by atoms with Crippen molar-refractivity contribution >= 4 is 0 Å². The fourth-order valence-electron chi connectivity index (χ4n) is 2.09. The van der Waals surface area contributed by atoms with Crippen LogP contribution in [0.15, 0.2) is 10.6 Å². The van der Waals surface area contributed by atoms with Crippen LogP contribution in [0.3, 0.4) is 0 Å². The minimum Gasteiger partial charge on any atom is -0.360 e. The summed E-state index contributed by atoms with van der Waals surface area (Å²) in [5.41, 5.74) is 1.02.